The van der Waals surface area contributed by atoms with E-state index >= 15 is 0 Å². The third-order valence-electron chi connectivity index (χ3n) is 2.12. The van der Waals surface area contributed by atoms with Gasteiger partial charge < -0.3 is 9.84 Å². The predicted molar refractivity (Wildman–Crippen MR) is 42.0 cm³/mol. The molecule has 0 aliphatic rings. The first-order valence-electron chi connectivity index (χ1n) is 3.76. The van der Waals surface area contributed by atoms with Crippen LogP contribution in [0.1, 0.15) is 20.8 Å². The molecule has 0 radical (unpaired) electrons. The first kappa shape index (κ1) is 10.4. The fourth-order valence-electron chi connectivity index (χ4n) is 0.818. The lowest BCUT2D eigenvalue weighted by Gasteiger charge is -2.19. The lowest BCUT2D eigenvalue weighted by atomic mass is 9.92. The molecule has 0 bridgehead atoms. The van der Waals surface area contributed by atoms with Gasteiger partial charge in [-0.25, -0.2) is 0 Å². The van der Waals surface area contributed by atoms with E-state index in [-0.39, 0.29) is 17.8 Å². The molecule has 0 aromatic rings. The quantitative estimate of drug-likeness (QED) is 0.621. The van der Waals surface area contributed by atoms with Gasteiger partial charge in [0.05, 0.1) is 19.1 Å². The molecule has 0 saturated heterocycles. The van der Waals surface area contributed by atoms with Gasteiger partial charge in [0, 0.05) is 0 Å². The average Bonchev–Trinajstić information content (AvgIpc) is 2.00. The number of ether oxygens (including phenoxy) is 1. The Kier molecular flexibility index (Phi) is 4.11. The number of carbonyl (C=O) groups is 1. The molecule has 3 nitrogen and oxygen atoms in total. The van der Waals surface area contributed by atoms with Crippen molar-refractivity contribution >= 4 is 5.97 Å². The molecular formula is C8H16O3. The lowest BCUT2D eigenvalue weighted by Crippen LogP contribution is -2.27. The number of hydrogen-bond donors (Lipinski definition) is 1. The second-order valence-corrected chi connectivity index (χ2v) is 2.91. The summed E-state index contributed by atoms with van der Waals surface area (Å²) in [6.07, 6.45) is -0.468. The van der Waals surface area contributed by atoms with E-state index < -0.39 is 6.10 Å². The Hall–Kier alpha value is -0.570. The van der Waals surface area contributed by atoms with Crippen molar-refractivity contribution in [2.45, 2.75) is 26.9 Å². The predicted octanol–water partition coefficient (Wildman–Crippen LogP) is 0.812. The molecule has 0 heterocycles. The number of carbonyl (C=O) groups excluding carboxylic acids is 1. The summed E-state index contributed by atoms with van der Waals surface area (Å²) in [5.41, 5.74) is 0. The molecule has 0 aromatic heterocycles. The van der Waals surface area contributed by atoms with Crippen molar-refractivity contribution in [1.29, 1.82) is 0 Å². The maximum absolute atomic E-state index is 10.9. The summed E-state index contributed by atoms with van der Waals surface area (Å²) in [4.78, 5) is 10.9. The van der Waals surface area contributed by atoms with Gasteiger partial charge in [-0.15, -0.1) is 0 Å². The van der Waals surface area contributed by atoms with Crippen LogP contribution in [0.15, 0.2) is 0 Å². The van der Waals surface area contributed by atoms with Crippen molar-refractivity contribution in [3.63, 3.8) is 0 Å². The van der Waals surface area contributed by atoms with Crippen LogP contribution in [0.3, 0.4) is 0 Å². The number of hydrogen-bond acceptors (Lipinski definition) is 3. The van der Waals surface area contributed by atoms with Gasteiger partial charge in [-0.05, 0) is 12.8 Å². The molecular weight excluding hydrogens is 144 g/mol. The molecule has 11 heavy (non-hydrogen) atoms. The first-order valence-corrected chi connectivity index (χ1v) is 3.76. The monoisotopic (exact) mass is 160 g/mol. The SMILES string of the molecule is COC(=O)C(C)C(C)[C@@H](C)O. The molecule has 3 heteroatoms. The molecule has 3 atom stereocenters. The summed E-state index contributed by atoms with van der Waals surface area (Å²) in [5, 5.41) is 9.13. The molecule has 0 fully saturated rings. The zero-order valence-electron chi connectivity index (χ0n) is 7.50. The normalized spacial score (nSPS) is 18.6. The fraction of sp³-hybridized carbons (Fsp3) is 0.875. The third-order valence-corrected chi connectivity index (χ3v) is 2.12. The number of aliphatic hydroxyl groups is 1. The summed E-state index contributed by atoms with van der Waals surface area (Å²) in [6.45, 7) is 5.25. The molecule has 0 saturated carbocycles. The van der Waals surface area contributed by atoms with E-state index in [9.17, 15) is 4.79 Å². The average molecular weight is 160 g/mol. The highest BCUT2D eigenvalue weighted by molar-refractivity contribution is 5.72. The van der Waals surface area contributed by atoms with Crippen molar-refractivity contribution in [1.82, 2.24) is 0 Å². The standard InChI is InChI=1S/C8H16O3/c1-5(7(3)9)6(2)8(10)11-4/h5-7,9H,1-4H3/t5?,6?,7-/m1/s1. The van der Waals surface area contributed by atoms with Crippen LogP contribution >= 0.6 is 0 Å². The van der Waals surface area contributed by atoms with Gasteiger partial charge >= 0.3 is 5.97 Å². The molecule has 0 rings (SSSR count). The topological polar surface area (TPSA) is 46.5 Å². The molecule has 66 valence electrons. The minimum Gasteiger partial charge on any atom is -0.469 e. The summed E-state index contributed by atoms with van der Waals surface area (Å²) in [6, 6.07) is 0. The van der Waals surface area contributed by atoms with E-state index in [0.717, 1.165) is 0 Å². The molecule has 0 amide bonds. The maximum Gasteiger partial charge on any atom is 0.308 e. The Morgan fingerprint density at radius 2 is 1.82 bits per heavy atom. The van der Waals surface area contributed by atoms with Crippen LogP contribution in [0.5, 0.6) is 0 Å². The summed E-state index contributed by atoms with van der Waals surface area (Å²) >= 11 is 0. The largest absolute Gasteiger partial charge is 0.469 e. The third kappa shape index (κ3) is 2.89. The Balaban J connectivity index is 4.01. The second kappa shape index (κ2) is 4.34. The smallest absolute Gasteiger partial charge is 0.308 e. The van der Waals surface area contributed by atoms with E-state index in [0.29, 0.717) is 0 Å². The summed E-state index contributed by atoms with van der Waals surface area (Å²) in [5.74, 6) is -0.555. The van der Waals surface area contributed by atoms with Crippen molar-refractivity contribution in [3.05, 3.63) is 0 Å². The van der Waals surface area contributed by atoms with E-state index in [1.54, 1.807) is 13.8 Å². The van der Waals surface area contributed by atoms with Crippen molar-refractivity contribution in [2.75, 3.05) is 7.11 Å². The summed E-state index contributed by atoms with van der Waals surface area (Å²) in [7, 11) is 1.35. The lowest BCUT2D eigenvalue weighted by molar-refractivity contribution is -0.147. The van der Waals surface area contributed by atoms with Crippen molar-refractivity contribution in [2.24, 2.45) is 11.8 Å². The van der Waals surface area contributed by atoms with Crippen LogP contribution < -0.4 is 0 Å². The minimum atomic E-state index is -0.468. The molecule has 2 unspecified atom stereocenters. The maximum atomic E-state index is 10.9. The molecule has 0 aromatic carbocycles. The molecule has 0 spiro atoms. The van der Waals surface area contributed by atoms with Crippen LogP contribution in [0.4, 0.5) is 0 Å². The number of rotatable bonds is 3. The van der Waals surface area contributed by atoms with Crippen molar-refractivity contribution in [3.8, 4) is 0 Å². The molecule has 0 aliphatic carbocycles. The first-order chi connectivity index (χ1) is 5.00. The zero-order valence-corrected chi connectivity index (χ0v) is 7.50. The van der Waals surface area contributed by atoms with Crippen LogP contribution in [-0.2, 0) is 9.53 Å². The van der Waals surface area contributed by atoms with Gasteiger partial charge in [-0.3, -0.25) is 4.79 Å². The van der Waals surface area contributed by atoms with Crippen LogP contribution in [0.2, 0.25) is 0 Å². The van der Waals surface area contributed by atoms with Crippen LogP contribution in [-0.4, -0.2) is 24.3 Å². The van der Waals surface area contributed by atoms with Gasteiger partial charge in [-0.1, -0.05) is 13.8 Å². The zero-order chi connectivity index (χ0) is 9.02. The van der Waals surface area contributed by atoms with Gasteiger partial charge in [-0.2, -0.15) is 0 Å². The molecule has 0 aliphatic heterocycles. The van der Waals surface area contributed by atoms with E-state index in [2.05, 4.69) is 4.74 Å². The van der Waals surface area contributed by atoms with Crippen LogP contribution in [0, 0.1) is 11.8 Å². The summed E-state index contributed by atoms with van der Waals surface area (Å²) < 4.78 is 4.53. The van der Waals surface area contributed by atoms with Gasteiger partial charge in [0.1, 0.15) is 0 Å². The number of aliphatic hydroxyl groups excluding tert-OH is 1. The Bertz CT molecular complexity index is 131. The van der Waals surface area contributed by atoms with Crippen LogP contribution in [0.25, 0.3) is 0 Å². The Labute approximate surface area is 67.4 Å². The Morgan fingerprint density at radius 3 is 2.09 bits per heavy atom. The van der Waals surface area contributed by atoms with Crippen molar-refractivity contribution < 1.29 is 14.6 Å². The van der Waals surface area contributed by atoms with Gasteiger partial charge in [0.15, 0.2) is 0 Å². The highest BCUT2D eigenvalue weighted by atomic mass is 16.5. The highest BCUT2D eigenvalue weighted by Gasteiger charge is 2.23. The highest BCUT2D eigenvalue weighted by Crippen LogP contribution is 2.15. The molecule has 1 N–H and O–H groups in total. The fourth-order valence-corrected chi connectivity index (χ4v) is 0.818. The van der Waals surface area contributed by atoms with E-state index in [1.807, 2.05) is 6.92 Å². The minimum absolute atomic E-state index is 0.0533. The van der Waals surface area contributed by atoms with Gasteiger partial charge in [0.25, 0.3) is 0 Å². The number of esters is 1. The Morgan fingerprint density at radius 1 is 1.36 bits per heavy atom. The van der Waals surface area contributed by atoms with E-state index in [4.69, 9.17) is 5.11 Å². The number of methoxy groups -OCH3 is 1. The van der Waals surface area contributed by atoms with Gasteiger partial charge in [0.2, 0.25) is 0 Å². The second-order valence-electron chi connectivity index (χ2n) is 2.91. The van der Waals surface area contributed by atoms with E-state index in [1.165, 1.54) is 7.11 Å².